The van der Waals surface area contributed by atoms with Crippen LogP contribution in [0.2, 0.25) is 0 Å². The predicted octanol–water partition coefficient (Wildman–Crippen LogP) is 2.86. The van der Waals surface area contributed by atoms with Crippen molar-refractivity contribution < 1.29 is 19.0 Å². The molecule has 1 aliphatic rings. The number of anilines is 1. The molecule has 1 aliphatic heterocycles. The first-order valence-electron chi connectivity index (χ1n) is 7.18. The van der Waals surface area contributed by atoms with Gasteiger partial charge in [0.25, 0.3) is 5.91 Å². The number of fused-ring (bicyclic) bond motifs is 1. The van der Waals surface area contributed by atoms with Crippen molar-refractivity contribution in [1.29, 1.82) is 0 Å². The highest BCUT2D eigenvalue weighted by molar-refractivity contribution is 5.94. The Kier molecular flexibility index (Phi) is 4.14. The van der Waals surface area contributed by atoms with Gasteiger partial charge in [0.2, 0.25) is 6.10 Å². The largest absolute Gasteiger partial charge is 0.494 e. The Morgan fingerprint density at radius 1 is 1.23 bits per heavy atom. The summed E-state index contributed by atoms with van der Waals surface area (Å²) in [7, 11) is 0. The van der Waals surface area contributed by atoms with Gasteiger partial charge in [-0.2, -0.15) is 0 Å². The lowest BCUT2D eigenvalue weighted by atomic mass is 10.2. The van der Waals surface area contributed by atoms with Crippen molar-refractivity contribution in [3.05, 3.63) is 48.5 Å². The van der Waals surface area contributed by atoms with Gasteiger partial charge in [-0.3, -0.25) is 4.79 Å². The molecule has 1 atom stereocenters. The zero-order chi connectivity index (χ0) is 15.4. The number of amides is 1. The van der Waals surface area contributed by atoms with Crippen molar-refractivity contribution in [2.24, 2.45) is 0 Å². The number of rotatable bonds is 4. The molecule has 3 rings (SSSR count). The highest BCUT2D eigenvalue weighted by atomic mass is 16.6. The van der Waals surface area contributed by atoms with Crippen molar-refractivity contribution in [2.45, 2.75) is 13.0 Å². The third-order valence-corrected chi connectivity index (χ3v) is 3.21. The molecule has 0 saturated heterocycles. The van der Waals surface area contributed by atoms with Gasteiger partial charge in [0.15, 0.2) is 11.5 Å². The second-order valence-corrected chi connectivity index (χ2v) is 4.81. The zero-order valence-electron chi connectivity index (χ0n) is 12.2. The minimum atomic E-state index is -0.675. The highest BCUT2D eigenvalue weighted by Gasteiger charge is 2.27. The molecule has 1 N–H and O–H groups in total. The van der Waals surface area contributed by atoms with E-state index in [1.165, 1.54) is 0 Å². The maximum atomic E-state index is 12.3. The average Bonchev–Trinajstić information content (AvgIpc) is 2.55. The second kappa shape index (κ2) is 6.39. The Labute approximate surface area is 128 Å². The molecule has 0 radical (unpaired) electrons. The van der Waals surface area contributed by atoms with Crippen LogP contribution in [0.25, 0.3) is 0 Å². The van der Waals surface area contributed by atoms with Gasteiger partial charge in [-0.15, -0.1) is 0 Å². The summed E-state index contributed by atoms with van der Waals surface area (Å²) in [5.41, 5.74) is 0.665. The molecule has 0 aromatic heterocycles. The Balaban J connectivity index is 1.67. The Hall–Kier alpha value is -2.69. The van der Waals surface area contributed by atoms with Crippen LogP contribution in [0, 0.1) is 0 Å². The molecule has 22 heavy (non-hydrogen) atoms. The van der Waals surface area contributed by atoms with E-state index in [0.29, 0.717) is 29.5 Å². The molecule has 0 bridgehead atoms. The van der Waals surface area contributed by atoms with Gasteiger partial charge < -0.3 is 19.5 Å². The first-order valence-corrected chi connectivity index (χ1v) is 7.18. The number of hydrogen-bond acceptors (Lipinski definition) is 4. The summed E-state index contributed by atoms with van der Waals surface area (Å²) >= 11 is 0. The fourth-order valence-electron chi connectivity index (χ4n) is 2.20. The van der Waals surface area contributed by atoms with Gasteiger partial charge in [-0.25, -0.2) is 0 Å². The first-order chi connectivity index (χ1) is 10.8. The molecule has 114 valence electrons. The van der Waals surface area contributed by atoms with Crippen LogP contribution in [0.5, 0.6) is 17.2 Å². The number of ether oxygens (including phenoxy) is 3. The van der Waals surface area contributed by atoms with Crippen molar-refractivity contribution in [2.75, 3.05) is 18.5 Å². The van der Waals surface area contributed by atoms with E-state index in [1.807, 2.05) is 37.3 Å². The van der Waals surface area contributed by atoms with Crippen LogP contribution in [-0.4, -0.2) is 25.2 Å². The highest BCUT2D eigenvalue weighted by Crippen LogP contribution is 2.31. The summed E-state index contributed by atoms with van der Waals surface area (Å²) in [6.45, 7) is 2.68. The van der Waals surface area contributed by atoms with Crippen LogP contribution in [0.3, 0.4) is 0 Å². The quantitative estimate of drug-likeness (QED) is 0.943. The minimum Gasteiger partial charge on any atom is -0.494 e. The van der Waals surface area contributed by atoms with Gasteiger partial charge in [0.1, 0.15) is 12.4 Å². The molecule has 1 heterocycles. The molecule has 5 nitrogen and oxygen atoms in total. The lowest BCUT2D eigenvalue weighted by molar-refractivity contribution is -0.125. The lowest BCUT2D eigenvalue weighted by Crippen LogP contribution is -2.40. The molecule has 0 aliphatic carbocycles. The van der Waals surface area contributed by atoms with E-state index in [0.717, 1.165) is 0 Å². The topological polar surface area (TPSA) is 56.8 Å². The maximum absolute atomic E-state index is 12.3. The van der Waals surface area contributed by atoms with Crippen LogP contribution in [0.4, 0.5) is 5.69 Å². The fraction of sp³-hybridized carbons (Fsp3) is 0.235. The third kappa shape index (κ3) is 3.14. The normalized spacial score (nSPS) is 16.0. The molecule has 1 amide bonds. The predicted molar refractivity (Wildman–Crippen MR) is 82.6 cm³/mol. The van der Waals surface area contributed by atoms with Crippen LogP contribution >= 0.6 is 0 Å². The molecule has 2 aromatic rings. The first kappa shape index (κ1) is 14.3. The molecule has 0 fully saturated rings. The summed E-state index contributed by atoms with van der Waals surface area (Å²) in [6, 6.07) is 14.6. The maximum Gasteiger partial charge on any atom is 0.269 e. The van der Waals surface area contributed by atoms with Gasteiger partial charge in [-0.1, -0.05) is 18.2 Å². The van der Waals surface area contributed by atoms with E-state index < -0.39 is 6.10 Å². The van der Waals surface area contributed by atoms with E-state index in [2.05, 4.69) is 5.32 Å². The van der Waals surface area contributed by atoms with Crippen molar-refractivity contribution in [3.8, 4) is 17.2 Å². The summed E-state index contributed by atoms with van der Waals surface area (Å²) in [6.07, 6.45) is -0.675. The standard InChI is InChI=1S/C17H17NO4/c1-2-20-13-7-5-6-12(10-13)18-17(19)16-11-21-14-8-3-4-9-15(14)22-16/h3-10,16H,2,11H2,1H3,(H,18,19)/t16-/m1/s1. The molecule has 0 unspecified atom stereocenters. The molecular formula is C17H17NO4. The van der Waals surface area contributed by atoms with Gasteiger partial charge in [0, 0.05) is 11.8 Å². The smallest absolute Gasteiger partial charge is 0.269 e. The second-order valence-electron chi connectivity index (χ2n) is 4.81. The monoisotopic (exact) mass is 299 g/mol. The minimum absolute atomic E-state index is 0.188. The van der Waals surface area contributed by atoms with E-state index in [4.69, 9.17) is 14.2 Å². The summed E-state index contributed by atoms with van der Waals surface area (Å²) in [4.78, 5) is 12.3. The van der Waals surface area contributed by atoms with E-state index in [-0.39, 0.29) is 12.5 Å². The third-order valence-electron chi connectivity index (χ3n) is 3.21. The van der Waals surface area contributed by atoms with E-state index in [1.54, 1.807) is 18.2 Å². The fourth-order valence-corrected chi connectivity index (χ4v) is 2.20. The number of carbonyl (C=O) groups excluding carboxylic acids is 1. The van der Waals surface area contributed by atoms with Crippen molar-refractivity contribution in [3.63, 3.8) is 0 Å². The number of carbonyl (C=O) groups is 1. The van der Waals surface area contributed by atoms with Crippen LogP contribution in [0.1, 0.15) is 6.92 Å². The van der Waals surface area contributed by atoms with Gasteiger partial charge >= 0.3 is 0 Å². The number of benzene rings is 2. The van der Waals surface area contributed by atoms with Crippen LogP contribution < -0.4 is 19.5 Å². The Morgan fingerprint density at radius 3 is 2.86 bits per heavy atom. The molecule has 0 spiro atoms. The van der Waals surface area contributed by atoms with Crippen molar-refractivity contribution >= 4 is 11.6 Å². The zero-order valence-corrected chi connectivity index (χ0v) is 12.2. The van der Waals surface area contributed by atoms with Crippen molar-refractivity contribution in [1.82, 2.24) is 0 Å². The summed E-state index contributed by atoms with van der Waals surface area (Å²) < 4.78 is 16.6. The number of para-hydroxylation sites is 2. The Morgan fingerprint density at radius 2 is 2.05 bits per heavy atom. The number of nitrogens with one attached hydrogen (secondary N) is 1. The molecular weight excluding hydrogens is 282 g/mol. The van der Waals surface area contributed by atoms with Gasteiger partial charge in [-0.05, 0) is 31.2 Å². The average molecular weight is 299 g/mol. The van der Waals surface area contributed by atoms with E-state index in [9.17, 15) is 4.79 Å². The van der Waals surface area contributed by atoms with Crippen LogP contribution in [0.15, 0.2) is 48.5 Å². The SMILES string of the molecule is CCOc1cccc(NC(=O)[C@H]2COc3ccccc3O2)c1. The molecule has 0 saturated carbocycles. The van der Waals surface area contributed by atoms with Crippen LogP contribution in [-0.2, 0) is 4.79 Å². The summed E-state index contributed by atoms with van der Waals surface area (Å²) in [5.74, 6) is 1.71. The molecule has 5 heteroatoms. The lowest BCUT2D eigenvalue weighted by Gasteiger charge is -2.25. The van der Waals surface area contributed by atoms with E-state index >= 15 is 0 Å². The number of hydrogen-bond donors (Lipinski definition) is 1. The van der Waals surface area contributed by atoms with Gasteiger partial charge in [0.05, 0.1) is 6.61 Å². The summed E-state index contributed by atoms with van der Waals surface area (Å²) in [5, 5.41) is 2.82. The Bertz CT molecular complexity index is 671. The molecule has 2 aromatic carbocycles.